The lowest BCUT2D eigenvalue weighted by Gasteiger charge is -2.35. The normalized spacial score (nSPS) is 14.6. The highest BCUT2D eigenvalue weighted by atomic mass is 35.5. The van der Waals surface area contributed by atoms with Crippen LogP contribution in [0.5, 0.6) is 0 Å². The fourth-order valence-corrected chi connectivity index (χ4v) is 7.29. The predicted molar refractivity (Wildman–Crippen MR) is 173 cm³/mol. The zero-order chi connectivity index (χ0) is 31.1. The van der Waals surface area contributed by atoms with Crippen molar-refractivity contribution in [3.05, 3.63) is 94.0 Å². The second-order valence-electron chi connectivity index (χ2n) is 11.4. The second-order valence-corrected chi connectivity index (χ2v) is 13.7. The number of anilines is 1. The van der Waals surface area contributed by atoms with Crippen LogP contribution in [0.15, 0.2) is 71.6 Å². The highest BCUT2D eigenvalue weighted by molar-refractivity contribution is 7.92. The van der Waals surface area contributed by atoms with Gasteiger partial charge in [0.25, 0.3) is 10.0 Å². The van der Waals surface area contributed by atoms with Crippen molar-refractivity contribution in [2.75, 3.05) is 10.8 Å². The summed E-state index contributed by atoms with van der Waals surface area (Å²) < 4.78 is 29.4. The fraction of sp³-hybridized carbons (Fsp3) is 0.412. The SMILES string of the molecule is CC[C@@H](C(=O)NC1CCCCC1)N(Cc1ccccc1C)C(=O)CN(c1cccc(Cl)c1C)S(=O)(=O)c1ccc(C)cc1. The third-order valence-electron chi connectivity index (χ3n) is 8.34. The summed E-state index contributed by atoms with van der Waals surface area (Å²) in [6.07, 6.45) is 5.53. The molecular formula is C34H42ClN3O4S. The number of benzene rings is 3. The van der Waals surface area contributed by atoms with E-state index in [1.54, 1.807) is 49.4 Å². The van der Waals surface area contributed by atoms with Gasteiger partial charge in [-0.2, -0.15) is 0 Å². The number of nitrogens with one attached hydrogen (secondary N) is 1. The minimum absolute atomic E-state index is 0.0674. The Kier molecular flexibility index (Phi) is 10.9. The predicted octanol–water partition coefficient (Wildman–Crippen LogP) is 6.72. The first kappa shape index (κ1) is 32.6. The lowest BCUT2D eigenvalue weighted by atomic mass is 9.95. The smallest absolute Gasteiger partial charge is 0.264 e. The molecule has 43 heavy (non-hydrogen) atoms. The maximum atomic E-state index is 14.4. The van der Waals surface area contributed by atoms with Crippen molar-refractivity contribution < 1.29 is 18.0 Å². The molecule has 1 atom stereocenters. The van der Waals surface area contributed by atoms with Gasteiger partial charge >= 0.3 is 0 Å². The van der Waals surface area contributed by atoms with Crippen LogP contribution < -0.4 is 9.62 Å². The van der Waals surface area contributed by atoms with E-state index in [1.165, 1.54) is 4.90 Å². The first-order valence-corrected chi connectivity index (χ1v) is 16.8. The molecular weight excluding hydrogens is 582 g/mol. The van der Waals surface area contributed by atoms with Crippen LogP contribution in [0.3, 0.4) is 0 Å². The topological polar surface area (TPSA) is 86.8 Å². The standard InChI is InChI=1S/C34H42ClN3O4S/c1-5-31(34(40)36-28-14-7-6-8-15-28)37(22-27-13-10-9-12-25(27)3)33(39)23-38(32-17-11-16-30(35)26(32)4)43(41,42)29-20-18-24(2)19-21-29/h9-13,16-21,28,31H,5-8,14-15,22-23H2,1-4H3,(H,36,40)/t31-/m0/s1. The summed E-state index contributed by atoms with van der Waals surface area (Å²) in [6.45, 7) is 7.14. The Bertz CT molecular complexity index is 1540. The summed E-state index contributed by atoms with van der Waals surface area (Å²) in [5.74, 6) is -0.674. The number of amides is 2. The molecule has 0 bridgehead atoms. The largest absolute Gasteiger partial charge is 0.352 e. The summed E-state index contributed by atoms with van der Waals surface area (Å²) in [5, 5.41) is 3.58. The zero-order valence-corrected chi connectivity index (χ0v) is 27.0. The van der Waals surface area contributed by atoms with Gasteiger partial charge in [-0.15, -0.1) is 0 Å². The molecule has 9 heteroatoms. The van der Waals surface area contributed by atoms with Crippen LogP contribution >= 0.6 is 11.6 Å². The van der Waals surface area contributed by atoms with Gasteiger partial charge < -0.3 is 10.2 Å². The monoisotopic (exact) mass is 623 g/mol. The molecule has 4 rings (SSSR count). The number of carbonyl (C=O) groups excluding carboxylic acids is 2. The highest BCUT2D eigenvalue weighted by Crippen LogP contribution is 2.31. The molecule has 0 spiro atoms. The van der Waals surface area contributed by atoms with Crippen LogP contribution in [-0.4, -0.2) is 43.8 Å². The molecule has 1 fully saturated rings. The zero-order valence-electron chi connectivity index (χ0n) is 25.5. The highest BCUT2D eigenvalue weighted by Gasteiger charge is 2.35. The quantitative estimate of drug-likeness (QED) is 0.257. The first-order chi connectivity index (χ1) is 20.5. The number of hydrogen-bond donors (Lipinski definition) is 1. The molecule has 0 aliphatic heterocycles. The summed E-state index contributed by atoms with van der Waals surface area (Å²) in [5.41, 5.74) is 3.65. The van der Waals surface area contributed by atoms with Crippen LogP contribution in [0.2, 0.25) is 5.02 Å². The number of rotatable bonds is 11. The molecule has 1 N–H and O–H groups in total. The van der Waals surface area contributed by atoms with Gasteiger partial charge in [-0.05, 0) is 81.0 Å². The summed E-state index contributed by atoms with van der Waals surface area (Å²) in [4.78, 5) is 29.7. The van der Waals surface area contributed by atoms with Gasteiger partial charge in [0, 0.05) is 17.6 Å². The Balaban J connectivity index is 1.75. The van der Waals surface area contributed by atoms with E-state index >= 15 is 0 Å². The molecule has 0 unspecified atom stereocenters. The van der Waals surface area contributed by atoms with E-state index in [0.717, 1.165) is 53.1 Å². The third kappa shape index (κ3) is 7.78. The number of hydrogen-bond acceptors (Lipinski definition) is 4. The molecule has 0 heterocycles. The Morgan fingerprint density at radius 3 is 2.26 bits per heavy atom. The van der Waals surface area contributed by atoms with Gasteiger partial charge in [-0.3, -0.25) is 13.9 Å². The summed E-state index contributed by atoms with van der Waals surface area (Å²) >= 11 is 6.44. The van der Waals surface area contributed by atoms with E-state index in [2.05, 4.69) is 5.32 Å². The molecule has 1 saturated carbocycles. The lowest BCUT2D eigenvalue weighted by molar-refractivity contribution is -0.140. The first-order valence-electron chi connectivity index (χ1n) is 15.0. The lowest BCUT2D eigenvalue weighted by Crippen LogP contribution is -2.54. The van der Waals surface area contributed by atoms with E-state index in [9.17, 15) is 18.0 Å². The summed E-state index contributed by atoms with van der Waals surface area (Å²) in [7, 11) is -4.17. The number of sulfonamides is 1. The van der Waals surface area contributed by atoms with E-state index in [-0.39, 0.29) is 23.4 Å². The van der Waals surface area contributed by atoms with E-state index in [4.69, 9.17) is 11.6 Å². The number of nitrogens with zero attached hydrogens (tertiary/aromatic N) is 2. The van der Waals surface area contributed by atoms with Crippen LogP contribution in [0.4, 0.5) is 5.69 Å². The molecule has 3 aromatic carbocycles. The van der Waals surface area contributed by atoms with E-state index < -0.39 is 28.5 Å². The maximum Gasteiger partial charge on any atom is 0.264 e. The molecule has 0 radical (unpaired) electrons. The number of carbonyl (C=O) groups is 2. The van der Waals surface area contributed by atoms with Gasteiger partial charge in [-0.25, -0.2) is 8.42 Å². The Hall–Kier alpha value is -3.36. The maximum absolute atomic E-state index is 14.4. The average molecular weight is 624 g/mol. The van der Waals surface area contributed by atoms with Crippen molar-refractivity contribution in [2.24, 2.45) is 0 Å². The molecule has 0 saturated heterocycles. The molecule has 7 nitrogen and oxygen atoms in total. The van der Waals surface area contributed by atoms with Crippen LogP contribution in [-0.2, 0) is 26.2 Å². The van der Waals surface area contributed by atoms with Crippen molar-refractivity contribution in [3.63, 3.8) is 0 Å². The molecule has 2 amide bonds. The Morgan fingerprint density at radius 2 is 1.60 bits per heavy atom. The van der Waals surface area contributed by atoms with Crippen molar-refractivity contribution in [2.45, 2.75) is 89.7 Å². The van der Waals surface area contributed by atoms with Crippen molar-refractivity contribution >= 4 is 39.1 Å². The van der Waals surface area contributed by atoms with Crippen molar-refractivity contribution in [1.29, 1.82) is 0 Å². The van der Waals surface area contributed by atoms with E-state index in [1.807, 2.05) is 45.0 Å². The number of aryl methyl sites for hydroxylation is 2. The van der Waals surface area contributed by atoms with E-state index in [0.29, 0.717) is 22.7 Å². The van der Waals surface area contributed by atoms with Gasteiger partial charge in [0.2, 0.25) is 11.8 Å². The minimum Gasteiger partial charge on any atom is -0.352 e. The number of halogens is 1. The molecule has 1 aliphatic rings. The Labute approximate surface area is 261 Å². The second kappa shape index (κ2) is 14.4. The minimum atomic E-state index is -4.17. The molecule has 3 aromatic rings. The van der Waals surface area contributed by atoms with Gasteiger partial charge in [-0.1, -0.05) is 85.8 Å². The molecule has 1 aliphatic carbocycles. The van der Waals surface area contributed by atoms with Crippen LogP contribution in [0.25, 0.3) is 0 Å². The fourth-order valence-electron chi connectivity index (χ4n) is 5.65. The van der Waals surface area contributed by atoms with Crippen molar-refractivity contribution in [3.8, 4) is 0 Å². The van der Waals surface area contributed by atoms with Gasteiger partial charge in [0.15, 0.2) is 0 Å². The molecule has 0 aromatic heterocycles. The molecule has 230 valence electrons. The Morgan fingerprint density at radius 1 is 0.930 bits per heavy atom. The van der Waals surface area contributed by atoms with Gasteiger partial charge in [0.1, 0.15) is 12.6 Å². The van der Waals surface area contributed by atoms with Crippen LogP contribution in [0, 0.1) is 20.8 Å². The average Bonchev–Trinajstić information content (AvgIpc) is 2.99. The van der Waals surface area contributed by atoms with Crippen molar-refractivity contribution in [1.82, 2.24) is 10.2 Å². The summed E-state index contributed by atoms with van der Waals surface area (Å²) in [6, 6.07) is 18.6. The third-order valence-corrected chi connectivity index (χ3v) is 10.5. The van der Waals surface area contributed by atoms with Gasteiger partial charge in [0.05, 0.1) is 10.6 Å². The van der Waals surface area contributed by atoms with Crippen LogP contribution in [0.1, 0.15) is 67.7 Å².